The van der Waals surface area contributed by atoms with Gasteiger partial charge in [0.25, 0.3) is 0 Å². The summed E-state index contributed by atoms with van der Waals surface area (Å²) in [6.07, 6.45) is 18.6. The Kier molecular flexibility index (Phi) is 56.2. The molecule has 0 aliphatic heterocycles. The maximum Gasteiger partial charge on any atom is 0.126 e. The van der Waals surface area contributed by atoms with Gasteiger partial charge in [-0.05, 0) is 160 Å². The average molecular weight is 988 g/mol. The Morgan fingerprint density at radius 3 is 1.54 bits per heavy atom. The summed E-state index contributed by atoms with van der Waals surface area (Å²) >= 11 is 0. The Hall–Kier alpha value is -4.52. The van der Waals surface area contributed by atoms with Gasteiger partial charge in [0, 0.05) is 37.9 Å². The van der Waals surface area contributed by atoms with Gasteiger partial charge in [0.05, 0.1) is 19.8 Å². The van der Waals surface area contributed by atoms with Crippen molar-refractivity contribution in [3.05, 3.63) is 143 Å². The van der Waals surface area contributed by atoms with Gasteiger partial charge in [0.2, 0.25) is 0 Å². The molecule has 4 aromatic carbocycles. The number of benzene rings is 4. The number of likely N-dealkylation sites (N-methyl/N-ethyl adjacent to an activating group) is 5. The number of aryl methyl sites for hydroxylation is 2. The summed E-state index contributed by atoms with van der Waals surface area (Å²) in [6, 6.07) is 33.5. The van der Waals surface area contributed by atoms with Gasteiger partial charge in [0.1, 0.15) is 23.9 Å². The Morgan fingerprint density at radius 1 is 0.423 bits per heavy atom. The molecule has 10 heteroatoms. The first kappa shape index (κ1) is 70.7. The van der Waals surface area contributed by atoms with Crippen molar-refractivity contribution in [3.63, 3.8) is 0 Å². The van der Waals surface area contributed by atoms with Crippen LogP contribution in [0.3, 0.4) is 0 Å². The smallest absolute Gasteiger partial charge is 0.126 e. The van der Waals surface area contributed by atoms with Crippen LogP contribution in [0.4, 0.5) is 0 Å². The molecular weight excluding hydrogens is 881 g/mol. The normalized spacial score (nSPS) is 10.1. The van der Waals surface area contributed by atoms with Crippen LogP contribution in [0, 0.1) is 0 Å². The maximum absolute atomic E-state index is 5.65. The fourth-order valence-corrected chi connectivity index (χ4v) is 5.83. The van der Waals surface area contributed by atoms with Crippen LogP contribution in [0.1, 0.15) is 109 Å². The lowest BCUT2D eigenvalue weighted by molar-refractivity contribution is 0.138. The Morgan fingerprint density at radius 2 is 0.958 bits per heavy atom. The third kappa shape index (κ3) is 45.1. The van der Waals surface area contributed by atoms with Crippen LogP contribution < -0.4 is 46.1 Å². The molecule has 404 valence electrons. The fraction of sp³-hybridized carbons (Fsp3) is 0.541. The minimum atomic E-state index is 0. The minimum absolute atomic E-state index is 0. The number of rotatable bonds is 30. The Labute approximate surface area is 437 Å². The van der Waals surface area contributed by atoms with Crippen molar-refractivity contribution in [2.24, 2.45) is 0 Å². The summed E-state index contributed by atoms with van der Waals surface area (Å²) in [7, 11) is 11.7. The summed E-state index contributed by atoms with van der Waals surface area (Å²) in [6.45, 7) is 22.7. The molecule has 0 saturated heterocycles. The van der Waals surface area contributed by atoms with Gasteiger partial charge in [-0.2, -0.15) is 0 Å². The molecule has 0 atom stereocenters. The average Bonchev–Trinajstić information content (AvgIpc) is 3.40. The maximum atomic E-state index is 5.65. The van der Waals surface area contributed by atoms with E-state index in [0.717, 1.165) is 146 Å². The van der Waals surface area contributed by atoms with Gasteiger partial charge in [-0.15, -0.1) is 0 Å². The van der Waals surface area contributed by atoms with Crippen LogP contribution >= 0.6 is 0 Å². The van der Waals surface area contributed by atoms with Gasteiger partial charge in [-0.25, -0.2) is 0 Å². The Bertz CT molecular complexity index is 1730. The van der Waals surface area contributed by atoms with E-state index in [1.165, 1.54) is 22.3 Å². The number of hydrogen-bond donors (Lipinski definition) is 6. The first-order valence-corrected chi connectivity index (χ1v) is 26.3. The zero-order valence-electron chi connectivity index (χ0n) is 46.3. The quantitative estimate of drug-likeness (QED) is 0.0223. The SMILES string of the molecule is C.CC/C=C/CCNC.CCCOCCNC.CCCOc1cccc(OCCNC)c1.CCCOc1ccccc1/C=C/CNC.CCc1ccc(CCNC)cc1.CCc1cccc(CCNC)c1. The first-order valence-electron chi connectivity index (χ1n) is 26.3. The van der Waals surface area contributed by atoms with E-state index in [1.54, 1.807) is 0 Å². The van der Waals surface area contributed by atoms with Gasteiger partial charge in [-0.1, -0.05) is 146 Å². The summed E-state index contributed by atoms with van der Waals surface area (Å²) in [5.41, 5.74) is 6.85. The van der Waals surface area contributed by atoms with Crippen molar-refractivity contribution in [1.29, 1.82) is 0 Å². The molecular formula is C61H106N6O4. The lowest BCUT2D eigenvalue weighted by Crippen LogP contribution is -2.15. The van der Waals surface area contributed by atoms with Crippen LogP contribution in [-0.2, 0) is 30.4 Å². The number of para-hydroxylation sites is 1. The lowest BCUT2D eigenvalue weighted by atomic mass is 10.1. The number of allylic oxidation sites excluding steroid dienone is 1. The molecule has 0 bridgehead atoms. The van der Waals surface area contributed by atoms with Gasteiger partial charge in [0.15, 0.2) is 0 Å². The minimum Gasteiger partial charge on any atom is -0.493 e. The van der Waals surface area contributed by atoms with E-state index in [2.05, 4.69) is 152 Å². The highest BCUT2D eigenvalue weighted by atomic mass is 16.5. The molecule has 6 N–H and O–H groups in total. The molecule has 4 aromatic rings. The fourth-order valence-electron chi connectivity index (χ4n) is 5.83. The molecule has 0 radical (unpaired) electrons. The van der Waals surface area contributed by atoms with Crippen molar-refractivity contribution in [3.8, 4) is 17.2 Å². The van der Waals surface area contributed by atoms with E-state index in [4.69, 9.17) is 18.9 Å². The van der Waals surface area contributed by atoms with Crippen LogP contribution in [0.2, 0.25) is 0 Å². The zero-order chi connectivity index (χ0) is 52.0. The highest BCUT2D eigenvalue weighted by Gasteiger charge is 1.99. The largest absolute Gasteiger partial charge is 0.493 e. The van der Waals surface area contributed by atoms with Crippen molar-refractivity contribution >= 4 is 6.08 Å². The predicted octanol–water partition coefficient (Wildman–Crippen LogP) is 11.6. The van der Waals surface area contributed by atoms with E-state index in [9.17, 15) is 0 Å². The third-order valence-electron chi connectivity index (χ3n) is 9.87. The second-order valence-corrected chi connectivity index (χ2v) is 16.2. The van der Waals surface area contributed by atoms with Crippen LogP contribution in [0.25, 0.3) is 6.08 Å². The van der Waals surface area contributed by atoms with E-state index in [1.807, 2.05) is 84.8 Å². The van der Waals surface area contributed by atoms with Gasteiger partial charge >= 0.3 is 0 Å². The van der Waals surface area contributed by atoms with Gasteiger partial charge in [-0.3, -0.25) is 0 Å². The molecule has 0 spiro atoms. The number of ether oxygens (including phenoxy) is 4. The zero-order valence-corrected chi connectivity index (χ0v) is 46.3. The third-order valence-corrected chi connectivity index (χ3v) is 9.87. The predicted molar refractivity (Wildman–Crippen MR) is 313 cm³/mol. The number of nitrogens with one attached hydrogen (secondary N) is 6. The monoisotopic (exact) mass is 987 g/mol. The molecule has 4 rings (SSSR count). The highest BCUT2D eigenvalue weighted by molar-refractivity contribution is 5.57. The molecule has 0 heterocycles. The van der Waals surface area contributed by atoms with Crippen molar-refractivity contribution in [2.45, 2.75) is 107 Å². The van der Waals surface area contributed by atoms with Crippen molar-refractivity contribution < 1.29 is 18.9 Å². The topological polar surface area (TPSA) is 109 Å². The molecule has 10 nitrogen and oxygen atoms in total. The van der Waals surface area contributed by atoms with Crippen LogP contribution in [-0.4, -0.2) is 115 Å². The molecule has 0 aliphatic rings. The van der Waals surface area contributed by atoms with Crippen molar-refractivity contribution in [1.82, 2.24) is 31.9 Å². The molecule has 0 fully saturated rings. The summed E-state index contributed by atoms with van der Waals surface area (Å²) in [5.74, 6) is 2.70. The van der Waals surface area contributed by atoms with E-state index in [-0.39, 0.29) is 7.43 Å². The van der Waals surface area contributed by atoms with E-state index >= 15 is 0 Å². The highest BCUT2D eigenvalue weighted by Crippen LogP contribution is 2.20. The first-order chi connectivity index (χ1) is 34.3. The Balaban J connectivity index is -0.000000792. The van der Waals surface area contributed by atoms with E-state index in [0.29, 0.717) is 6.61 Å². The second-order valence-electron chi connectivity index (χ2n) is 16.2. The lowest BCUT2D eigenvalue weighted by Gasteiger charge is -2.08. The summed E-state index contributed by atoms with van der Waals surface area (Å²) in [5, 5.41) is 18.5. The molecule has 0 aromatic heterocycles. The summed E-state index contributed by atoms with van der Waals surface area (Å²) in [4.78, 5) is 0. The van der Waals surface area contributed by atoms with Crippen LogP contribution in [0.15, 0.2) is 115 Å². The molecule has 0 amide bonds. The standard InChI is InChI=1S/C13H19NO.C12H19NO2.2C11H17N.C7H15N.C6H15NO.CH4/c1-3-11-15-13-9-5-4-7-12(13)8-6-10-14-2;1-3-8-14-11-5-4-6-12(10-11)15-9-7-13-2;1-3-10-4-6-11(7-5-10)8-9-12-2;1-3-10-5-4-6-11(9-10)7-8-12-2;1-3-4-5-6-7-8-2;1-3-5-8-6-4-7-2;/h4-9,14H,3,10-11H2,1-2H3;4-6,10,13H,3,7-9H2,1-2H3;4-7,12H,3,8-9H2,1-2H3;4-6,9,12H,3,7-8H2,1-2H3;4-5,8H,3,6-7H2,1-2H3;7H,3-6H2,1-2H3;1H4/b8-6+;;;;5-4+;;. The molecule has 0 saturated carbocycles. The van der Waals surface area contributed by atoms with Crippen LogP contribution in [0.5, 0.6) is 17.2 Å². The number of hydrogen-bond acceptors (Lipinski definition) is 10. The molecule has 0 aliphatic carbocycles. The molecule has 0 unspecified atom stereocenters. The van der Waals surface area contributed by atoms with Crippen molar-refractivity contribution in [2.75, 3.05) is 115 Å². The van der Waals surface area contributed by atoms with Gasteiger partial charge < -0.3 is 50.8 Å². The second kappa shape index (κ2) is 56.4. The molecule has 71 heavy (non-hydrogen) atoms. The summed E-state index contributed by atoms with van der Waals surface area (Å²) < 4.78 is 21.8. The van der Waals surface area contributed by atoms with E-state index < -0.39 is 0 Å².